The molecule has 7 nitrogen and oxygen atoms in total. The van der Waals surface area contributed by atoms with Gasteiger partial charge in [0.2, 0.25) is 5.91 Å². The highest BCUT2D eigenvalue weighted by Gasteiger charge is 2.53. The minimum atomic E-state index is -0.317. The Morgan fingerprint density at radius 3 is 2.76 bits per heavy atom. The number of phenols is 1. The molecule has 0 saturated carbocycles. The number of carbonyl (C=O) groups excluding carboxylic acids is 1. The molecule has 2 unspecified atom stereocenters. The van der Waals surface area contributed by atoms with Gasteiger partial charge >= 0.3 is 0 Å². The van der Waals surface area contributed by atoms with Crippen molar-refractivity contribution in [3.8, 4) is 17.1 Å². The Balaban J connectivity index is 1.59. The molecule has 2 saturated heterocycles. The van der Waals surface area contributed by atoms with Crippen molar-refractivity contribution in [2.24, 2.45) is 11.3 Å². The highest BCUT2D eigenvalue weighted by Crippen LogP contribution is 2.43. The van der Waals surface area contributed by atoms with E-state index in [4.69, 9.17) is 4.98 Å². The first-order valence-corrected chi connectivity index (χ1v) is 11.1. The van der Waals surface area contributed by atoms with Gasteiger partial charge in [-0.3, -0.25) is 4.79 Å². The van der Waals surface area contributed by atoms with Crippen LogP contribution in [0.25, 0.3) is 11.4 Å². The minimum absolute atomic E-state index is 0.0492. The van der Waals surface area contributed by atoms with Gasteiger partial charge in [-0.25, -0.2) is 9.97 Å². The molecule has 1 aromatic heterocycles. The number of rotatable bonds is 5. The zero-order chi connectivity index (χ0) is 20.6. The molecule has 2 aromatic rings. The largest absolute Gasteiger partial charge is 0.507 e. The standard InChI is InChI=1S/C21H26N4O3S/c1-14-7-18(23-20(22-14)16-5-3-4-6-17(16)27)24-8-15-9-25(19(28)10-29-2)12-21(15,11-24)13-26/h3-7,15,26-27H,8-13H2,1-2H3. The number of nitrogens with zero attached hydrogens (tertiary/aromatic N) is 4. The molecule has 8 heteroatoms. The molecule has 0 radical (unpaired) electrons. The molecule has 2 aliphatic heterocycles. The predicted octanol–water partition coefficient (Wildman–Crippen LogP) is 1.78. The van der Waals surface area contributed by atoms with Gasteiger partial charge in [0.25, 0.3) is 0 Å². The normalized spacial score (nSPS) is 23.5. The molecule has 1 amide bonds. The molecular weight excluding hydrogens is 388 g/mol. The van der Waals surface area contributed by atoms with Crippen LogP contribution >= 0.6 is 11.8 Å². The van der Waals surface area contributed by atoms with E-state index in [0.29, 0.717) is 36.8 Å². The van der Waals surface area contributed by atoms with Gasteiger partial charge < -0.3 is 20.0 Å². The fourth-order valence-electron chi connectivity index (χ4n) is 4.48. The van der Waals surface area contributed by atoms with Crippen molar-refractivity contribution in [1.29, 1.82) is 0 Å². The molecule has 1 aromatic carbocycles. The lowest BCUT2D eigenvalue weighted by Crippen LogP contribution is -2.39. The molecule has 2 atom stereocenters. The zero-order valence-electron chi connectivity index (χ0n) is 16.7. The topological polar surface area (TPSA) is 89.8 Å². The fourth-order valence-corrected chi connectivity index (χ4v) is 4.91. The second-order valence-electron chi connectivity index (χ2n) is 8.01. The summed E-state index contributed by atoms with van der Waals surface area (Å²) >= 11 is 1.53. The first-order valence-electron chi connectivity index (χ1n) is 9.72. The number of para-hydroxylation sites is 1. The number of aromatic hydroxyl groups is 1. The molecule has 0 aliphatic carbocycles. The van der Waals surface area contributed by atoms with Crippen molar-refractivity contribution in [3.63, 3.8) is 0 Å². The maximum Gasteiger partial charge on any atom is 0.232 e. The first kappa shape index (κ1) is 20.0. The van der Waals surface area contributed by atoms with E-state index in [1.54, 1.807) is 18.2 Å². The Kier molecular flexibility index (Phi) is 5.40. The number of carbonyl (C=O) groups is 1. The molecule has 2 N–H and O–H groups in total. The number of aromatic nitrogens is 2. The van der Waals surface area contributed by atoms with Gasteiger partial charge in [-0.15, -0.1) is 0 Å². The van der Waals surface area contributed by atoms with Gasteiger partial charge in [0.1, 0.15) is 11.6 Å². The van der Waals surface area contributed by atoms with Crippen molar-refractivity contribution < 1.29 is 15.0 Å². The summed E-state index contributed by atoms with van der Waals surface area (Å²) in [6, 6.07) is 8.99. The molecule has 154 valence electrons. The van der Waals surface area contributed by atoms with E-state index in [-0.39, 0.29) is 29.6 Å². The average molecular weight is 415 g/mol. The molecule has 2 aliphatic rings. The van der Waals surface area contributed by atoms with Gasteiger partial charge in [0.15, 0.2) is 5.82 Å². The SMILES string of the molecule is CSCC(=O)N1CC2CN(c3cc(C)nc(-c4ccccc4O)n3)CC2(CO)C1. The molecule has 4 rings (SSSR count). The Labute approximate surface area is 174 Å². The molecular formula is C21H26N4O3S. The van der Waals surface area contributed by atoms with E-state index in [0.717, 1.165) is 18.1 Å². The number of hydrogen-bond donors (Lipinski definition) is 2. The van der Waals surface area contributed by atoms with Crippen LogP contribution in [0.1, 0.15) is 5.69 Å². The first-order chi connectivity index (χ1) is 14.0. The van der Waals surface area contributed by atoms with E-state index in [9.17, 15) is 15.0 Å². The van der Waals surface area contributed by atoms with E-state index in [1.165, 1.54) is 11.8 Å². The van der Waals surface area contributed by atoms with Crippen molar-refractivity contribution >= 4 is 23.5 Å². The Morgan fingerprint density at radius 1 is 1.28 bits per heavy atom. The van der Waals surface area contributed by atoms with E-state index < -0.39 is 0 Å². The number of phenolic OH excluding ortho intramolecular Hbond substituents is 1. The van der Waals surface area contributed by atoms with Crippen LogP contribution in [0.4, 0.5) is 5.82 Å². The van der Waals surface area contributed by atoms with Crippen LogP contribution in [0.2, 0.25) is 0 Å². The predicted molar refractivity (Wildman–Crippen MR) is 114 cm³/mol. The summed E-state index contributed by atoms with van der Waals surface area (Å²) in [5, 5.41) is 20.4. The lowest BCUT2D eigenvalue weighted by Gasteiger charge is -2.28. The molecule has 3 heterocycles. The van der Waals surface area contributed by atoms with Gasteiger partial charge in [-0.05, 0) is 25.3 Å². The summed E-state index contributed by atoms with van der Waals surface area (Å²) in [7, 11) is 0. The van der Waals surface area contributed by atoms with Crippen LogP contribution in [0.15, 0.2) is 30.3 Å². The maximum absolute atomic E-state index is 12.3. The Morgan fingerprint density at radius 2 is 2.07 bits per heavy atom. The second kappa shape index (κ2) is 7.84. The van der Waals surface area contributed by atoms with Crippen LogP contribution in [-0.4, -0.2) is 75.8 Å². The van der Waals surface area contributed by atoms with Crippen molar-refractivity contribution in [1.82, 2.24) is 14.9 Å². The number of aryl methyl sites for hydroxylation is 1. The number of amides is 1. The third-order valence-electron chi connectivity index (χ3n) is 6.00. The monoisotopic (exact) mass is 414 g/mol. The summed E-state index contributed by atoms with van der Waals surface area (Å²) in [4.78, 5) is 25.6. The number of anilines is 1. The van der Waals surface area contributed by atoms with E-state index in [2.05, 4.69) is 9.88 Å². The van der Waals surface area contributed by atoms with Crippen molar-refractivity contribution in [2.75, 3.05) is 49.7 Å². The van der Waals surface area contributed by atoms with Crippen LogP contribution in [0.3, 0.4) is 0 Å². The number of benzene rings is 1. The average Bonchev–Trinajstić information content (AvgIpc) is 3.23. The smallest absolute Gasteiger partial charge is 0.232 e. The third kappa shape index (κ3) is 3.67. The number of aliphatic hydroxyl groups excluding tert-OH is 1. The number of fused-ring (bicyclic) bond motifs is 1. The van der Waals surface area contributed by atoms with Crippen LogP contribution in [0.5, 0.6) is 5.75 Å². The highest BCUT2D eigenvalue weighted by atomic mass is 32.2. The Bertz CT molecular complexity index is 925. The number of aliphatic hydroxyl groups is 1. The van der Waals surface area contributed by atoms with Crippen molar-refractivity contribution in [3.05, 3.63) is 36.0 Å². The van der Waals surface area contributed by atoms with Gasteiger partial charge in [-0.2, -0.15) is 11.8 Å². The summed E-state index contributed by atoms with van der Waals surface area (Å²) in [5.41, 5.74) is 1.10. The fraction of sp³-hybridized carbons (Fsp3) is 0.476. The van der Waals surface area contributed by atoms with Crippen molar-refractivity contribution in [2.45, 2.75) is 6.92 Å². The summed E-state index contributed by atoms with van der Waals surface area (Å²) < 4.78 is 0. The molecule has 29 heavy (non-hydrogen) atoms. The second-order valence-corrected chi connectivity index (χ2v) is 8.88. The number of likely N-dealkylation sites (tertiary alicyclic amines) is 1. The zero-order valence-corrected chi connectivity index (χ0v) is 17.5. The van der Waals surface area contributed by atoms with Gasteiger partial charge in [0.05, 0.1) is 17.9 Å². The van der Waals surface area contributed by atoms with Crippen LogP contribution < -0.4 is 4.90 Å². The Hall–Kier alpha value is -2.32. The molecule has 2 fully saturated rings. The number of thioether (sulfide) groups is 1. The minimum Gasteiger partial charge on any atom is -0.507 e. The summed E-state index contributed by atoms with van der Waals surface area (Å²) in [6.07, 6.45) is 1.93. The molecule has 0 spiro atoms. The van der Waals surface area contributed by atoms with E-state index in [1.807, 2.05) is 30.2 Å². The lowest BCUT2D eigenvalue weighted by molar-refractivity contribution is -0.127. The maximum atomic E-state index is 12.3. The lowest BCUT2D eigenvalue weighted by atomic mass is 9.82. The van der Waals surface area contributed by atoms with Gasteiger partial charge in [0, 0.05) is 49.3 Å². The third-order valence-corrected chi connectivity index (χ3v) is 6.54. The number of hydrogen-bond acceptors (Lipinski definition) is 7. The van der Waals surface area contributed by atoms with Gasteiger partial charge in [-0.1, -0.05) is 12.1 Å². The molecule has 0 bridgehead atoms. The van der Waals surface area contributed by atoms with Crippen LogP contribution in [-0.2, 0) is 4.79 Å². The summed E-state index contributed by atoms with van der Waals surface area (Å²) in [5.74, 6) is 2.27. The quantitative estimate of drug-likeness (QED) is 0.771. The highest BCUT2D eigenvalue weighted by molar-refractivity contribution is 7.99. The summed E-state index contributed by atoms with van der Waals surface area (Å²) in [6.45, 7) is 4.60. The van der Waals surface area contributed by atoms with E-state index >= 15 is 0 Å². The van der Waals surface area contributed by atoms with Crippen LogP contribution in [0, 0.1) is 18.3 Å².